The van der Waals surface area contributed by atoms with Crippen LogP contribution >= 0.6 is 11.6 Å². The number of nitrogens with zero attached hydrogens (tertiary/aromatic N) is 2. The first-order valence-corrected chi connectivity index (χ1v) is 8.84. The van der Waals surface area contributed by atoms with Crippen LogP contribution in [-0.2, 0) is 4.79 Å². The molecule has 1 atom stereocenters. The van der Waals surface area contributed by atoms with Crippen LogP contribution in [0, 0.1) is 5.41 Å². The number of carbonyl (C=O) groups excluding carboxylic acids is 1. The molecule has 2 aromatic rings. The van der Waals surface area contributed by atoms with Crippen molar-refractivity contribution in [3.63, 3.8) is 0 Å². The van der Waals surface area contributed by atoms with E-state index in [1.54, 1.807) is 0 Å². The molecule has 1 aliphatic heterocycles. The van der Waals surface area contributed by atoms with Gasteiger partial charge >= 0.3 is 0 Å². The smallest absolute Gasteiger partial charge is 0.223 e. The average Bonchev–Trinajstić information content (AvgIpc) is 2.52. The lowest BCUT2D eigenvalue weighted by molar-refractivity contribution is -0.118. The number of nitrogen functional groups attached to an aromatic ring is 2. The fraction of sp³-hybridized carbons (Fsp3) is 0.316. The van der Waals surface area contributed by atoms with Crippen LogP contribution in [0.2, 0.25) is 5.02 Å². The maximum absolute atomic E-state index is 13.1. The van der Waals surface area contributed by atoms with Gasteiger partial charge in [0.25, 0.3) is 0 Å². The number of allylic oxidation sites excluding steroid dienone is 2. The van der Waals surface area contributed by atoms with E-state index in [4.69, 9.17) is 23.1 Å². The number of nitrogens with two attached hydrogens (primary N) is 2. The van der Waals surface area contributed by atoms with Crippen LogP contribution in [0.4, 0.5) is 17.6 Å². The van der Waals surface area contributed by atoms with Crippen molar-refractivity contribution in [2.45, 2.75) is 32.6 Å². The van der Waals surface area contributed by atoms with E-state index in [0.717, 1.165) is 23.3 Å². The molecule has 4 rings (SSSR count). The van der Waals surface area contributed by atoms with Crippen LogP contribution in [0.5, 0.6) is 0 Å². The molecule has 7 heteroatoms. The molecule has 26 heavy (non-hydrogen) atoms. The van der Waals surface area contributed by atoms with Crippen LogP contribution in [0.1, 0.15) is 43.7 Å². The van der Waals surface area contributed by atoms with Gasteiger partial charge in [0.15, 0.2) is 5.78 Å². The lowest BCUT2D eigenvalue weighted by Crippen LogP contribution is -2.34. The number of fused-ring (bicyclic) bond motifs is 1. The second kappa shape index (κ2) is 5.71. The first-order chi connectivity index (χ1) is 12.2. The van der Waals surface area contributed by atoms with Gasteiger partial charge in [-0.3, -0.25) is 4.79 Å². The molecule has 2 aliphatic rings. The van der Waals surface area contributed by atoms with E-state index >= 15 is 0 Å². The number of Topliss-reactive ketones (excluding diaryl/α,β-unsaturated/α-hetero) is 1. The van der Waals surface area contributed by atoms with Gasteiger partial charge in [0.1, 0.15) is 11.6 Å². The summed E-state index contributed by atoms with van der Waals surface area (Å²) < 4.78 is 0. The van der Waals surface area contributed by atoms with Gasteiger partial charge in [-0.15, -0.1) is 0 Å². The van der Waals surface area contributed by atoms with Gasteiger partial charge in [-0.2, -0.15) is 9.97 Å². The summed E-state index contributed by atoms with van der Waals surface area (Å²) in [4.78, 5) is 21.5. The molecule has 1 aliphatic carbocycles. The molecule has 0 saturated carbocycles. The number of nitrogens with one attached hydrogen (secondary N) is 1. The first-order valence-electron chi connectivity index (χ1n) is 8.47. The van der Waals surface area contributed by atoms with Crippen molar-refractivity contribution in [3.05, 3.63) is 51.7 Å². The zero-order chi connectivity index (χ0) is 18.6. The Morgan fingerprint density at radius 2 is 1.85 bits per heavy atom. The van der Waals surface area contributed by atoms with E-state index in [9.17, 15) is 4.79 Å². The van der Waals surface area contributed by atoms with Crippen molar-refractivity contribution in [1.29, 1.82) is 0 Å². The van der Waals surface area contributed by atoms with E-state index in [1.807, 2.05) is 24.3 Å². The molecule has 0 bridgehead atoms. The molecule has 0 fully saturated rings. The summed E-state index contributed by atoms with van der Waals surface area (Å²) in [6, 6.07) is 7.44. The van der Waals surface area contributed by atoms with Gasteiger partial charge in [-0.05, 0) is 29.5 Å². The molecule has 1 aromatic carbocycles. The number of ketones is 1. The molecule has 0 spiro atoms. The van der Waals surface area contributed by atoms with Crippen molar-refractivity contribution >= 4 is 35.0 Å². The molecule has 0 amide bonds. The Hall–Kier alpha value is -2.60. The molecule has 0 radical (unpaired) electrons. The Bertz CT molecular complexity index is 949. The summed E-state index contributed by atoms with van der Waals surface area (Å²) in [6.45, 7) is 4.18. The predicted molar refractivity (Wildman–Crippen MR) is 103 cm³/mol. The van der Waals surface area contributed by atoms with Gasteiger partial charge in [-0.25, -0.2) is 0 Å². The molecule has 0 saturated heterocycles. The standard InChI is InChI=1S/C19H20ClN5O/c1-19(2)7-11-14(12(26)8-19)13(9-3-5-10(20)6-4-9)15-16(21)24-18(22)25-17(15)23-11/h3-6,13H,7-8H2,1-2H3,(H5,21,22,23,24,25)/t13-/m0/s1. The van der Waals surface area contributed by atoms with Gasteiger partial charge in [0.05, 0.1) is 0 Å². The molecule has 134 valence electrons. The number of carbonyl (C=O) groups is 1. The molecule has 2 heterocycles. The Morgan fingerprint density at radius 1 is 1.15 bits per heavy atom. The maximum Gasteiger partial charge on any atom is 0.223 e. The minimum atomic E-state index is -0.331. The monoisotopic (exact) mass is 369 g/mol. The molecule has 5 N–H and O–H groups in total. The van der Waals surface area contributed by atoms with E-state index in [0.29, 0.717) is 22.8 Å². The number of benzene rings is 1. The lowest BCUT2D eigenvalue weighted by Gasteiger charge is -2.39. The zero-order valence-electron chi connectivity index (χ0n) is 14.6. The number of aromatic nitrogens is 2. The Morgan fingerprint density at radius 3 is 2.54 bits per heavy atom. The van der Waals surface area contributed by atoms with E-state index < -0.39 is 0 Å². The zero-order valence-corrected chi connectivity index (χ0v) is 15.4. The SMILES string of the molecule is CC1(C)CC(=O)C2=C(C1)Nc1nc(N)nc(N)c1[C@H]2c1ccc(Cl)cc1. The van der Waals surface area contributed by atoms with Crippen molar-refractivity contribution in [3.8, 4) is 0 Å². The number of hydrogen-bond donors (Lipinski definition) is 3. The number of halogens is 1. The molecule has 0 unspecified atom stereocenters. The molecule has 1 aromatic heterocycles. The fourth-order valence-corrected chi connectivity index (χ4v) is 4.07. The molecular formula is C19H20ClN5O. The van der Waals surface area contributed by atoms with Crippen molar-refractivity contribution in [2.75, 3.05) is 16.8 Å². The first kappa shape index (κ1) is 16.8. The highest BCUT2D eigenvalue weighted by molar-refractivity contribution is 6.30. The van der Waals surface area contributed by atoms with Crippen LogP contribution in [0.25, 0.3) is 0 Å². The van der Waals surface area contributed by atoms with Crippen LogP contribution in [0.15, 0.2) is 35.5 Å². The van der Waals surface area contributed by atoms with Crippen molar-refractivity contribution < 1.29 is 4.79 Å². The van der Waals surface area contributed by atoms with Gasteiger partial charge in [-0.1, -0.05) is 37.6 Å². The Kier molecular flexibility index (Phi) is 3.70. The quantitative estimate of drug-likeness (QED) is 0.710. The largest absolute Gasteiger partial charge is 0.383 e. The average molecular weight is 370 g/mol. The van der Waals surface area contributed by atoms with Crippen LogP contribution in [0.3, 0.4) is 0 Å². The van der Waals surface area contributed by atoms with Crippen molar-refractivity contribution in [1.82, 2.24) is 9.97 Å². The summed E-state index contributed by atoms with van der Waals surface area (Å²) in [6.07, 6.45) is 1.24. The number of rotatable bonds is 1. The number of hydrogen-bond acceptors (Lipinski definition) is 6. The second-order valence-electron chi connectivity index (χ2n) is 7.67. The summed E-state index contributed by atoms with van der Waals surface area (Å²) in [5.41, 5.74) is 15.1. The highest BCUT2D eigenvalue weighted by Crippen LogP contribution is 2.49. The topological polar surface area (TPSA) is 107 Å². The Balaban J connectivity index is 1.97. The fourth-order valence-electron chi connectivity index (χ4n) is 3.94. The van der Waals surface area contributed by atoms with Gasteiger partial charge < -0.3 is 16.8 Å². The highest BCUT2D eigenvalue weighted by atomic mass is 35.5. The minimum absolute atomic E-state index is 0.106. The highest BCUT2D eigenvalue weighted by Gasteiger charge is 2.42. The van der Waals surface area contributed by atoms with Crippen LogP contribution < -0.4 is 16.8 Å². The summed E-state index contributed by atoms with van der Waals surface area (Å²) in [5.74, 6) is 0.741. The Labute approximate surface area is 156 Å². The summed E-state index contributed by atoms with van der Waals surface area (Å²) >= 11 is 6.05. The summed E-state index contributed by atoms with van der Waals surface area (Å²) in [7, 11) is 0. The van der Waals surface area contributed by atoms with Crippen LogP contribution in [-0.4, -0.2) is 15.8 Å². The van der Waals surface area contributed by atoms with Crippen molar-refractivity contribution in [2.24, 2.45) is 5.41 Å². The third kappa shape index (κ3) is 2.70. The van der Waals surface area contributed by atoms with Gasteiger partial charge in [0.2, 0.25) is 5.95 Å². The third-order valence-corrected chi connectivity index (χ3v) is 5.21. The normalized spacial score (nSPS) is 21.0. The van der Waals surface area contributed by atoms with E-state index in [1.165, 1.54) is 0 Å². The minimum Gasteiger partial charge on any atom is -0.383 e. The molecule has 6 nitrogen and oxygen atoms in total. The summed E-state index contributed by atoms with van der Waals surface area (Å²) in [5, 5.41) is 3.93. The number of anilines is 3. The van der Waals surface area contributed by atoms with E-state index in [2.05, 4.69) is 29.1 Å². The van der Waals surface area contributed by atoms with E-state index in [-0.39, 0.29) is 28.9 Å². The predicted octanol–water partition coefficient (Wildman–Crippen LogP) is 3.50. The molecular weight excluding hydrogens is 350 g/mol. The maximum atomic E-state index is 13.1. The second-order valence-corrected chi connectivity index (χ2v) is 8.11. The lowest BCUT2D eigenvalue weighted by atomic mass is 9.69. The third-order valence-electron chi connectivity index (χ3n) is 4.96. The van der Waals surface area contributed by atoms with Gasteiger partial charge in [0, 0.05) is 34.2 Å².